The predicted molar refractivity (Wildman–Crippen MR) is 239 cm³/mol. The molecule has 264 valence electrons. The molecule has 2 heterocycles. The van der Waals surface area contributed by atoms with Crippen molar-refractivity contribution in [3.63, 3.8) is 0 Å². The van der Waals surface area contributed by atoms with Gasteiger partial charge >= 0.3 is 0 Å². The standard InChI is InChI=1S/C54H32N2O/c1-2-16-37-36(15-1)35(33-13-11-14-34(31-33)50-32-55-52-46-22-7-5-19-40(46)41-20-6-8-23-47(41)53(52)56-50)27-28-42(37)43-29-30-44(39-18-4-3-17-38(39)43)48-24-12-25-49-45-21-9-10-26-51(45)57-54(48)49/h1-32H. The fraction of sp³-hybridized carbons (Fsp3) is 0. The summed E-state index contributed by atoms with van der Waals surface area (Å²) in [5, 5.41) is 11.7. The van der Waals surface area contributed by atoms with Gasteiger partial charge in [-0.25, -0.2) is 4.98 Å². The molecule has 0 bridgehead atoms. The van der Waals surface area contributed by atoms with Crippen molar-refractivity contribution < 1.29 is 4.42 Å². The van der Waals surface area contributed by atoms with Crippen molar-refractivity contribution in [3.8, 4) is 44.6 Å². The second kappa shape index (κ2) is 12.5. The van der Waals surface area contributed by atoms with Crippen molar-refractivity contribution in [1.29, 1.82) is 0 Å². The van der Waals surface area contributed by atoms with Crippen LogP contribution in [0.1, 0.15) is 0 Å². The van der Waals surface area contributed by atoms with E-state index >= 15 is 0 Å². The molecule has 0 saturated heterocycles. The first-order chi connectivity index (χ1) is 28.3. The largest absolute Gasteiger partial charge is 0.455 e. The van der Waals surface area contributed by atoms with Gasteiger partial charge < -0.3 is 4.42 Å². The van der Waals surface area contributed by atoms with E-state index in [4.69, 9.17) is 14.4 Å². The lowest BCUT2D eigenvalue weighted by atomic mass is 9.87. The van der Waals surface area contributed by atoms with Gasteiger partial charge in [0.15, 0.2) is 0 Å². The minimum Gasteiger partial charge on any atom is -0.455 e. The Kier molecular flexibility index (Phi) is 6.93. The molecule has 10 aromatic carbocycles. The summed E-state index contributed by atoms with van der Waals surface area (Å²) in [6, 6.07) is 67.1. The van der Waals surface area contributed by atoms with E-state index in [0.29, 0.717) is 0 Å². The van der Waals surface area contributed by atoms with Gasteiger partial charge in [-0.15, -0.1) is 0 Å². The van der Waals surface area contributed by atoms with Gasteiger partial charge in [0, 0.05) is 32.7 Å². The lowest BCUT2D eigenvalue weighted by Crippen LogP contribution is -1.93. The molecule has 0 aliphatic carbocycles. The Bertz CT molecular complexity index is 3560. The molecular weight excluding hydrogens is 693 g/mol. The second-order valence-corrected chi connectivity index (χ2v) is 14.8. The van der Waals surface area contributed by atoms with Crippen LogP contribution in [-0.2, 0) is 0 Å². The van der Waals surface area contributed by atoms with Crippen molar-refractivity contribution in [2.24, 2.45) is 0 Å². The zero-order valence-corrected chi connectivity index (χ0v) is 30.8. The zero-order valence-electron chi connectivity index (χ0n) is 30.8. The van der Waals surface area contributed by atoms with Crippen molar-refractivity contribution in [1.82, 2.24) is 9.97 Å². The number of hydrogen-bond acceptors (Lipinski definition) is 3. The molecule has 12 aromatic rings. The van der Waals surface area contributed by atoms with E-state index < -0.39 is 0 Å². The number of benzene rings is 10. The molecule has 0 N–H and O–H groups in total. The third-order valence-corrected chi connectivity index (χ3v) is 11.7. The van der Waals surface area contributed by atoms with Gasteiger partial charge in [0.25, 0.3) is 0 Å². The second-order valence-electron chi connectivity index (χ2n) is 14.8. The molecule has 3 heteroatoms. The van der Waals surface area contributed by atoms with E-state index in [1.807, 2.05) is 18.3 Å². The fourth-order valence-electron chi connectivity index (χ4n) is 9.12. The molecule has 0 radical (unpaired) electrons. The number of aromatic nitrogens is 2. The van der Waals surface area contributed by atoms with E-state index in [-0.39, 0.29) is 0 Å². The molecule has 0 saturated carbocycles. The Morgan fingerprint density at radius 2 is 0.789 bits per heavy atom. The maximum absolute atomic E-state index is 6.50. The summed E-state index contributed by atoms with van der Waals surface area (Å²) in [6.45, 7) is 0. The van der Waals surface area contributed by atoms with Crippen molar-refractivity contribution in [2.75, 3.05) is 0 Å². The first kappa shape index (κ1) is 31.7. The van der Waals surface area contributed by atoms with E-state index in [9.17, 15) is 0 Å². The first-order valence-corrected chi connectivity index (χ1v) is 19.4. The minimum atomic E-state index is 0.857. The SMILES string of the molecule is c1cc(-c2cnc3c4ccccc4c4ccccc4c3n2)cc(-c2ccc(-c3ccc(-c4cccc5c4oc4ccccc45)c4ccccc34)c3ccccc23)c1. The highest BCUT2D eigenvalue weighted by Gasteiger charge is 2.18. The number of furan rings is 1. The van der Waals surface area contributed by atoms with Crippen LogP contribution < -0.4 is 0 Å². The van der Waals surface area contributed by atoms with Crippen LogP contribution in [0.5, 0.6) is 0 Å². The number of rotatable bonds is 4. The van der Waals surface area contributed by atoms with Gasteiger partial charge in [0.2, 0.25) is 0 Å². The molecule has 12 rings (SSSR count). The van der Waals surface area contributed by atoms with E-state index in [0.717, 1.165) is 71.7 Å². The van der Waals surface area contributed by atoms with Gasteiger partial charge in [-0.3, -0.25) is 4.98 Å². The maximum atomic E-state index is 6.50. The fourth-order valence-corrected chi connectivity index (χ4v) is 9.12. The Labute approximate surface area is 328 Å². The van der Waals surface area contributed by atoms with Gasteiger partial charge in [-0.2, -0.15) is 0 Å². The van der Waals surface area contributed by atoms with Crippen LogP contribution >= 0.6 is 0 Å². The summed E-state index contributed by atoms with van der Waals surface area (Å²) in [6.07, 6.45) is 1.92. The molecule has 0 atom stereocenters. The summed E-state index contributed by atoms with van der Waals surface area (Å²) >= 11 is 0. The Hall–Kier alpha value is -7.62. The van der Waals surface area contributed by atoms with Crippen molar-refractivity contribution >= 4 is 76.1 Å². The Morgan fingerprint density at radius 3 is 1.46 bits per heavy atom. The highest BCUT2D eigenvalue weighted by atomic mass is 16.3. The lowest BCUT2D eigenvalue weighted by molar-refractivity contribution is 0.670. The number of hydrogen-bond donors (Lipinski definition) is 0. The molecule has 0 amide bonds. The van der Waals surface area contributed by atoms with Crippen LogP contribution in [0.25, 0.3) is 121 Å². The van der Waals surface area contributed by atoms with Crippen LogP contribution in [0, 0.1) is 0 Å². The molecule has 0 spiro atoms. The molecule has 0 aliphatic rings. The monoisotopic (exact) mass is 724 g/mol. The summed E-state index contributed by atoms with van der Waals surface area (Å²) in [7, 11) is 0. The molecule has 2 aromatic heterocycles. The number of fused-ring (bicyclic) bond motifs is 11. The van der Waals surface area contributed by atoms with Gasteiger partial charge in [-0.1, -0.05) is 176 Å². The average Bonchev–Trinajstić information content (AvgIpc) is 3.68. The Morgan fingerprint density at radius 1 is 0.316 bits per heavy atom. The highest BCUT2D eigenvalue weighted by Crippen LogP contribution is 2.44. The molecule has 0 fully saturated rings. The highest BCUT2D eigenvalue weighted by molar-refractivity contribution is 6.23. The van der Waals surface area contributed by atoms with E-state index in [1.165, 1.54) is 49.0 Å². The quantitative estimate of drug-likeness (QED) is 0.170. The molecule has 0 aliphatic heterocycles. The van der Waals surface area contributed by atoms with Crippen molar-refractivity contribution in [3.05, 3.63) is 194 Å². The van der Waals surface area contributed by atoms with Crippen LogP contribution in [-0.4, -0.2) is 9.97 Å². The number of para-hydroxylation sites is 2. The smallest absolute Gasteiger partial charge is 0.143 e. The molecule has 0 unspecified atom stereocenters. The minimum absolute atomic E-state index is 0.857. The summed E-state index contributed by atoms with van der Waals surface area (Å²) in [5.41, 5.74) is 12.6. The van der Waals surface area contributed by atoms with Crippen LogP contribution in [0.4, 0.5) is 0 Å². The number of nitrogens with zero attached hydrogens (tertiary/aromatic N) is 2. The van der Waals surface area contributed by atoms with Gasteiger partial charge in [0.1, 0.15) is 11.2 Å². The van der Waals surface area contributed by atoms with Crippen LogP contribution in [0.3, 0.4) is 0 Å². The summed E-state index contributed by atoms with van der Waals surface area (Å²) in [4.78, 5) is 10.3. The summed E-state index contributed by atoms with van der Waals surface area (Å²) < 4.78 is 6.50. The third-order valence-electron chi connectivity index (χ3n) is 11.7. The van der Waals surface area contributed by atoms with Crippen molar-refractivity contribution in [2.45, 2.75) is 0 Å². The molecular formula is C54H32N2O. The van der Waals surface area contributed by atoms with Gasteiger partial charge in [0.05, 0.1) is 22.9 Å². The molecule has 3 nitrogen and oxygen atoms in total. The average molecular weight is 725 g/mol. The normalized spacial score (nSPS) is 11.9. The van der Waals surface area contributed by atoms with E-state index in [1.54, 1.807) is 0 Å². The molecule has 57 heavy (non-hydrogen) atoms. The predicted octanol–water partition coefficient (Wildman–Crippen LogP) is 14.8. The Balaban J connectivity index is 0.989. The van der Waals surface area contributed by atoms with Crippen LogP contribution in [0.2, 0.25) is 0 Å². The van der Waals surface area contributed by atoms with Gasteiger partial charge in [-0.05, 0) is 72.3 Å². The van der Waals surface area contributed by atoms with Crippen LogP contribution in [0.15, 0.2) is 199 Å². The maximum Gasteiger partial charge on any atom is 0.143 e. The lowest BCUT2D eigenvalue weighted by Gasteiger charge is -2.16. The zero-order chi connectivity index (χ0) is 37.5. The topological polar surface area (TPSA) is 38.9 Å². The first-order valence-electron chi connectivity index (χ1n) is 19.4. The van der Waals surface area contributed by atoms with E-state index in [2.05, 4.69) is 176 Å². The summed E-state index contributed by atoms with van der Waals surface area (Å²) in [5.74, 6) is 0. The third kappa shape index (κ3) is 4.86.